The molecule has 108 valence electrons. The summed E-state index contributed by atoms with van der Waals surface area (Å²) in [5.74, 6) is -0.342. The largest absolute Gasteiger partial charge is 0.302 e. The lowest BCUT2D eigenvalue weighted by Crippen LogP contribution is -2.11. The fraction of sp³-hybridized carbons (Fsp3) is 0.200. The molecule has 0 radical (unpaired) electrons. The summed E-state index contributed by atoms with van der Waals surface area (Å²) < 4.78 is 13.8. The van der Waals surface area contributed by atoms with Crippen molar-refractivity contribution in [3.63, 3.8) is 0 Å². The SMILES string of the molecule is O=C(CCCc1cccs1)Nc1nc2ccc(F)cc2s1. The maximum atomic E-state index is 13.1. The van der Waals surface area contributed by atoms with Crippen molar-refractivity contribution in [2.24, 2.45) is 0 Å². The average molecular weight is 320 g/mol. The van der Waals surface area contributed by atoms with E-state index in [1.165, 1.54) is 28.3 Å². The number of nitrogens with zero attached hydrogens (tertiary/aromatic N) is 1. The molecule has 0 aliphatic carbocycles. The molecule has 0 fully saturated rings. The third-order valence-corrected chi connectivity index (χ3v) is 4.87. The number of carbonyl (C=O) groups is 1. The van der Waals surface area contributed by atoms with Crippen LogP contribution in [0.2, 0.25) is 0 Å². The fourth-order valence-electron chi connectivity index (χ4n) is 2.01. The third kappa shape index (κ3) is 3.65. The predicted molar refractivity (Wildman–Crippen MR) is 85.5 cm³/mol. The molecular formula is C15H13FN2OS2. The van der Waals surface area contributed by atoms with Crippen LogP contribution in [0.5, 0.6) is 0 Å². The summed E-state index contributed by atoms with van der Waals surface area (Å²) in [7, 11) is 0. The van der Waals surface area contributed by atoms with Crippen LogP contribution in [0.25, 0.3) is 10.2 Å². The van der Waals surface area contributed by atoms with Gasteiger partial charge in [-0.15, -0.1) is 11.3 Å². The van der Waals surface area contributed by atoms with Crippen molar-refractivity contribution in [3.8, 4) is 0 Å². The van der Waals surface area contributed by atoms with E-state index in [9.17, 15) is 9.18 Å². The second-order valence-corrected chi connectivity index (χ2v) is 6.68. The number of halogens is 1. The summed E-state index contributed by atoms with van der Waals surface area (Å²) in [5, 5.41) is 5.34. The Kier molecular flexibility index (Phi) is 4.26. The van der Waals surface area contributed by atoms with Gasteiger partial charge in [0.25, 0.3) is 0 Å². The van der Waals surface area contributed by atoms with Gasteiger partial charge >= 0.3 is 0 Å². The zero-order valence-corrected chi connectivity index (χ0v) is 12.8. The molecule has 1 aromatic carbocycles. The number of fused-ring (bicyclic) bond motifs is 1. The van der Waals surface area contributed by atoms with E-state index in [1.807, 2.05) is 11.4 Å². The molecule has 0 unspecified atom stereocenters. The van der Waals surface area contributed by atoms with Crippen LogP contribution in [-0.4, -0.2) is 10.9 Å². The summed E-state index contributed by atoms with van der Waals surface area (Å²) in [4.78, 5) is 17.4. The standard InChI is InChI=1S/C15H13FN2OS2/c16-10-6-7-12-13(9-10)21-15(17-12)18-14(19)5-1-3-11-4-2-8-20-11/h2,4,6-9H,1,3,5H2,(H,17,18,19). The van der Waals surface area contributed by atoms with Crippen LogP contribution >= 0.6 is 22.7 Å². The number of aromatic nitrogens is 1. The molecule has 1 amide bonds. The molecule has 0 aliphatic rings. The molecule has 6 heteroatoms. The number of hydrogen-bond acceptors (Lipinski definition) is 4. The highest BCUT2D eigenvalue weighted by atomic mass is 32.1. The summed E-state index contributed by atoms with van der Waals surface area (Å²) in [6, 6.07) is 8.51. The molecule has 2 heterocycles. The van der Waals surface area contributed by atoms with E-state index < -0.39 is 0 Å². The summed E-state index contributed by atoms with van der Waals surface area (Å²) in [6.45, 7) is 0. The normalized spacial score (nSPS) is 10.9. The van der Waals surface area contributed by atoms with Crippen LogP contribution in [0.4, 0.5) is 9.52 Å². The minimum atomic E-state index is -0.292. The van der Waals surface area contributed by atoms with E-state index in [2.05, 4.69) is 16.4 Å². The van der Waals surface area contributed by atoms with Gasteiger partial charge in [0.2, 0.25) is 5.91 Å². The molecule has 0 saturated heterocycles. The van der Waals surface area contributed by atoms with Gasteiger partial charge in [-0.05, 0) is 42.5 Å². The second-order valence-electron chi connectivity index (χ2n) is 4.61. The number of amides is 1. The van der Waals surface area contributed by atoms with Gasteiger partial charge in [-0.2, -0.15) is 0 Å². The van der Waals surface area contributed by atoms with E-state index in [1.54, 1.807) is 17.4 Å². The smallest absolute Gasteiger partial charge is 0.226 e. The maximum Gasteiger partial charge on any atom is 0.226 e. The lowest BCUT2D eigenvalue weighted by atomic mass is 10.2. The summed E-state index contributed by atoms with van der Waals surface area (Å²) in [5.41, 5.74) is 0.704. The molecule has 21 heavy (non-hydrogen) atoms. The second kappa shape index (κ2) is 6.32. The van der Waals surface area contributed by atoms with Crippen LogP contribution in [0.3, 0.4) is 0 Å². The number of thiophene rings is 1. The van der Waals surface area contributed by atoms with Crippen molar-refractivity contribution in [3.05, 3.63) is 46.4 Å². The molecule has 0 bridgehead atoms. The van der Waals surface area contributed by atoms with Crippen molar-refractivity contribution in [2.45, 2.75) is 19.3 Å². The van der Waals surface area contributed by atoms with Crippen LogP contribution in [0.15, 0.2) is 35.7 Å². The zero-order valence-electron chi connectivity index (χ0n) is 11.1. The quantitative estimate of drug-likeness (QED) is 0.754. The van der Waals surface area contributed by atoms with Gasteiger partial charge < -0.3 is 5.32 Å². The van der Waals surface area contributed by atoms with Gasteiger partial charge in [0.1, 0.15) is 5.82 Å². The van der Waals surface area contributed by atoms with Crippen LogP contribution in [0, 0.1) is 5.82 Å². The number of nitrogens with one attached hydrogen (secondary N) is 1. The Morgan fingerprint density at radius 1 is 1.33 bits per heavy atom. The first kappa shape index (κ1) is 14.2. The van der Waals surface area contributed by atoms with E-state index >= 15 is 0 Å². The van der Waals surface area contributed by atoms with Gasteiger partial charge in [-0.3, -0.25) is 4.79 Å². The van der Waals surface area contributed by atoms with Crippen molar-refractivity contribution in [2.75, 3.05) is 5.32 Å². The first-order chi connectivity index (χ1) is 10.2. The molecular weight excluding hydrogens is 307 g/mol. The molecule has 3 nitrogen and oxygen atoms in total. The summed E-state index contributed by atoms with van der Waals surface area (Å²) >= 11 is 3.00. The van der Waals surface area contributed by atoms with Gasteiger partial charge in [0, 0.05) is 11.3 Å². The molecule has 0 atom stereocenters. The minimum absolute atomic E-state index is 0.0499. The lowest BCUT2D eigenvalue weighted by Gasteiger charge is -2.00. The molecule has 3 aromatic rings. The number of thiazole rings is 1. The molecule has 0 spiro atoms. The third-order valence-electron chi connectivity index (χ3n) is 3.00. The Morgan fingerprint density at radius 3 is 3.05 bits per heavy atom. The van der Waals surface area contributed by atoms with E-state index in [4.69, 9.17) is 0 Å². The van der Waals surface area contributed by atoms with Crippen molar-refractivity contribution < 1.29 is 9.18 Å². The molecule has 0 saturated carbocycles. The zero-order chi connectivity index (χ0) is 14.7. The first-order valence-electron chi connectivity index (χ1n) is 6.59. The highest BCUT2D eigenvalue weighted by Crippen LogP contribution is 2.26. The Morgan fingerprint density at radius 2 is 2.24 bits per heavy atom. The fourth-order valence-corrected chi connectivity index (χ4v) is 3.67. The number of rotatable bonds is 5. The average Bonchev–Trinajstić information content (AvgIpc) is 3.07. The highest BCUT2D eigenvalue weighted by molar-refractivity contribution is 7.22. The van der Waals surface area contributed by atoms with Crippen LogP contribution < -0.4 is 5.32 Å². The number of anilines is 1. The topological polar surface area (TPSA) is 42.0 Å². The molecule has 1 N–H and O–H groups in total. The van der Waals surface area contributed by atoms with Crippen molar-refractivity contribution in [1.82, 2.24) is 4.98 Å². The van der Waals surface area contributed by atoms with E-state index in [0.717, 1.165) is 17.5 Å². The Balaban J connectivity index is 1.55. The number of aryl methyl sites for hydroxylation is 1. The molecule has 0 aliphatic heterocycles. The minimum Gasteiger partial charge on any atom is -0.302 e. The van der Waals surface area contributed by atoms with Crippen molar-refractivity contribution in [1.29, 1.82) is 0 Å². The number of hydrogen-bond donors (Lipinski definition) is 1. The Bertz CT molecular complexity index is 752. The Labute approximate surface area is 129 Å². The van der Waals surface area contributed by atoms with E-state index in [-0.39, 0.29) is 11.7 Å². The van der Waals surface area contributed by atoms with Gasteiger partial charge in [0.05, 0.1) is 10.2 Å². The van der Waals surface area contributed by atoms with Crippen LogP contribution in [0.1, 0.15) is 17.7 Å². The Hall–Kier alpha value is -1.79. The summed E-state index contributed by atoms with van der Waals surface area (Å²) in [6.07, 6.45) is 2.18. The monoisotopic (exact) mass is 320 g/mol. The van der Waals surface area contributed by atoms with Crippen molar-refractivity contribution >= 4 is 43.9 Å². The van der Waals surface area contributed by atoms with Gasteiger partial charge in [-0.1, -0.05) is 17.4 Å². The number of benzene rings is 1. The van der Waals surface area contributed by atoms with E-state index in [0.29, 0.717) is 17.1 Å². The first-order valence-corrected chi connectivity index (χ1v) is 8.29. The maximum absolute atomic E-state index is 13.1. The van der Waals surface area contributed by atoms with Crippen LogP contribution in [-0.2, 0) is 11.2 Å². The molecule has 3 rings (SSSR count). The highest BCUT2D eigenvalue weighted by Gasteiger charge is 2.08. The van der Waals surface area contributed by atoms with Gasteiger partial charge in [0.15, 0.2) is 5.13 Å². The lowest BCUT2D eigenvalue weighted by molar-refractivity contribution is -0.116. The number of carbonyl (C=O) groups excluding carboxylic acids is 1. The van der Waals surface area contributed by atoms with Gasteiger partial charge in [-0.25, -0.2) is 9.37 Å². The molecule has 2 aromatic heterocycles. The predicted octanol–water partition coefficient (Wildman–Crippen LogP) is 4.46.